The first-order chi connectivity index (χ1) is 19.2. The normalized spacial score (nSPS) is 19.4. The lowest BCUT2D eigenvalue weighted by Crippen LogP contribution is -2.42. The monoisotopic (exact) mass is 592 g/mol. The second-order valence-electron chi connectivity index (χ2n) is 9.15. The Morgan fingerprint density at radius 2 is 1.88 bits per heavy atom. The summed E-state index contributed by atoms with van der Waals surface area (Å²) in [5, 5.41) is 27.5. The minimum atomic E-state index is -1.36. The highest BCUT2D eigenvalue weighted by molar-refractivity contribution is 8.02. The second kappa shape index (κ2) is 13.6. The highest BCUT2D eigenvalue weighted by Gasteiger charge is 2.33. The number of carbonyl (C=O) groups is 3. The lowest BCUT2D eigenvalue weighted by Gasteiger charge is -2.22. The van der Waals surface area contributed by atoms with E-state index in [2.05, 4.69) is 20.6 Å². The molecule has 14 heteroatoms. The van der Waals surface area contributed by atoms with E-state index in [-0.39, 0.29) is 18.5 Å². The van der Waals surface area contributed by atoms with Crippen LogP contribution in [-0.4, -0.2) is 56.8 Å². The van der Waals surface area contributed by atoms with Gasteiger partial charge in [0, 0.05) is 18.5 Å². The van der Waals surface area contributed by atoms with E-state index < -0.39 is 53.1 Å². The lowest BCUT2D eigenvalue weighted by molar-refractivity contribution is -0.0918. The van der Waals surface area contributed by atoms with Crippen LogP contribution in [0.25, 0.3) is 0 Å². The van der Waals surface area contributed by atoms with Crippen molar-refractivity contribution >= 4 is 41.5 Å². The van der Waals surface area contributed by atoms with E-state index in [0.717, 1.165) is 37.7 Å². The van der Waals surface area contributed by atoms with Gasteiger partial charge in [0.2, 0.25) is 12.0 Å². The Bertz CT molecular complexity index is 1270. The van der Waals surface area contributed by atoms with Gasteiger partial charge in [-0.2, -0.15) is 4.98 Å². The Morgan fingerprint density at radius 1 is 1.12 bits per heavy atom. The topological polar surface area (TPSA) is 169 Å². The summed E-state index contributed by atoms with van der Waals surface area (Å²) in [4.78, 5) is 45.3. The third-order valence-corrected chi connectivity index (χ3v) is 7.69. The third kappa shape index (κ3) is 7.69. The maximum absolute atomic E-state index is 12.7. The van der Waals surface area contributed by atoms with Gasteiger partial charge in [0.25, 0.3) is 5.88 Å². The van der Waals surface area contributed by atoms with Crippen molar-refractivity contribution in [1.82, 2.24) is 20.6 Å². The van der Waals surface area contributed by atoms with Gasteiger partial charge in [-0.3, -0.25) is 0 Å². The number of hydrogen-bond acceptors (Lipinski definition) is 11. The van der Waals surface area contributed by atoms with E-state index in [1.807, 2.05) is 0 Å². The van der Waals surface area contributed by atoms with Crippen LogP contribution in [0.3, 0.4) is 0 Å². The number of nitrogens with one attached hydrogen (secondary N) is 2. The highest BCUT2D eigenvalue weighted by Crippen LogP contribution is 2.39. The quantitative estimate of drug-likeness (QED) is 0.247. The average molecular weight is 593 g/mol. The van der Waals surface area contributed by atoms with E-state index in [4.69, 9.17) is 25.8 Å². The maximum Gasteiger partial charge on any atom is 0.511 e. The molecule has 0 spiro atoms. The number of urea groups is 1. The van der Waals surface area contributed by atoms with Crippen LogP contribution in [0.2, 0.25) is 5.02 Å². The summed E-state index contributed by atoms with van der Waals surface area (Å²) >= 11 is 7.37. The van der Waals surface area contributed by atoms with Crippen LogP contribution in [-0.2, 0) is 20.8 Å². The lowest BCUT2D eigenvalue weighted by atomic mass is 9.98. The average Bonchev–Trinajstić information content (AvgIpc) is 3.38. The fourth-order valence-corrected chi connectivity index (χ4v) is 5.39. The van der Waals surface area contributed by atoms with Gasteiger partial charge in [0.1, 0.15) is 11.9 Å². The van der Waals surface area contributed by atoms with Gasteiger partial charge in [-0.15, -0.1) is 11.8 Å². The summed E-state index contributed by atoms with van der Waals surface area (Å²) < 4.78 is 15.3. The Balaban J connectivity index is 1.36. The number of halogens is 1. The SMILES string of the molecule is CC(OC(=O)OC1CCCCC1)OC(=O)c1nc(C2SC=CC2NC(=O)NCc2ccccc2Cl)nc(O)c1O. The molecule has 1 aromatic carbocycles. The maximum atomic E-state index is 12.7. The van der Waals surface area contributed by atoms with E-state index >= 15 is 0 Å². The molecule has 4 rings (SSSR count). The Hall–Kier alpha value is -3.71. The molecule has 2 aromatic rings. The molecule has 40 heavy (non-hydrogen) atoms. The minimum Gasteiger partial charge on any atom is -0.501 e. The van der Waals surface area contributed by atoms with Crippen LogP contribution in [0.1, 0.15) is 66.2 Å². The molecular weight excluding hydrogens is 564 g/mol. The van der Waals surface area contributed by atoms with Crippen molar-refractivity contribution in [3.8, 4) is 11.6 Å². The molecule has 214 valence electrons. The van der Waals surface area contributed by atoms with Gasteiger partial charge in [-0.05, 0) is 42.7 Å². The van der Waals surface area contributed by atoms with Crippen molar-refractivity contribution in [2.45, 2.75) is 69.3 Å². The number of carbonyl (C=O) groups excluding carboxylic acids is 3. The molecule has 2 aliphatic rings. The van der Waals surface area contributed by atoms with E-state index in [1.54, 1.807) is 35.7 Å². The standard InChI is InChI=1S/C26H29ClN4O8S/c1-14(38-26(36)39-16-8-3-2-4-9-16)37-24(34)19-20(32)23(33)31-22(30-19)21-18(11-12-40-21)29-25(35)28-13-15-7-5-6-10-17(15)27/h5-7,10-12,14,16,18,21,32H,2-4,8-9,13H2,1H3,(H2,28,29,35)(H,30,31,33). The fourth-order valence-electron chi connectivity index (χ4n) is 4.21. The number of nitrogens with zero attached hydrogens (tertiary/aromatic N) is 2. The zero-order chi connectivity index (χ0) is 28.6. The highest BCUT2D eigenvalue weighted by atomic mass is 35.5. The van der Waals surface area contributed by atoms with Gasteiger partial charge < -0.3 is 35.1 Å². The summed E-state index contributed by atoms with van der Waals surface area (Å²) in [7, 11) is 0. The van der Waals surface area contributed by atoms with Crippen molar-refractivity contribution in [2.24, 2.45) is 0 Å². The predicted octanol–water partition coefficient (Wildman–Crippen LogP) is 4.70. The smallest absolute Gasteiger partial charge is 0.501 e. The molecule has 1 aliphatic carbocycles. The summed E-state index contributed by atoms with van der Waals surface area (Å²) in [6.07, 6.45) is 3.61. The summed E-state index contributed by atoms with van der Waals surface area (Å²) in [6, 6.07) is 6.00. The van der Waals surface area contributed by atoms with Crippen molar-refractivity contribution in [3.63, 3.8) is 0 Å². The van der Waals surface area contributed by atoms with Crippen LogP contribution in [0.15, 0.2) is 35.7 Å². The molecule has 2 heterocycles. The molecule has 3 atom stereocenters. The summed E-state index contributed by atoms with van der Waals surface area (Å²) in [5.41, 5.74) is 0.107. The Kier molecular flexibility index (Phi) is 9.93. The fraction of sp³-hybridized carbons (Fsp3) is 0.423. The van der Waals surface area contributed by atoms with Gasteiger partial charge in [0.05, 0.1) is 11.3 Å². The largest absolute Gasteiger partial charge is 0.511 e. The number of aromatic nitrogens is 2. The molecule has 1 aromatic heterocycles. The molecule has 1 fully saturated rings. The molecule has 4 N–H and O–H groups in total. The molecule has 1 aliphatic heterocycles. The van der Waals surface area contributed by atoms with Crippen molar-refractivity contribution in [1.29, 1.82) is 0 Å². The van der Waals surface area contributed by atoms with Crippen LogP contribution >= 0.6 is 23.4 Å². The summed E-state index contributed by atoms with van der Waals surface area (Å²) in [6.45, 7) is 1.50. The first kappa shape index (κ1) is 29.3. The van der Waals surface area contributed by atoms with Crippen LogP contribution in [0.4, 0.5) is 9.59 Å². The molecule has 2 amide bonds. The molecule has 0 bridgehead atoms. The zero-order valence-corrected chi connectivity index (χ0v) is 23.1. The van der Waals surface area contributed by atoms with Gasteiger partial charge in [-0.1, -0.05) is 42.3 Å². The number of aromatic hydroxyl groups is 2. The first-order valence-electron chi connectivity index (χ1n) is 12.7. The number of amides is 2. The molecule has 0 saturated heterocycles. The number of thioether (sulfide) groups is 1. The van der Waals surface area contributed by atoms with E-state index in [1.165, 1.54) is 18.7 Å². The molecule has 12 nitrogen and oxygen atoms in total. The first-order valence-corrected chi connectivity index (χ1v) is 14.0. The third-order valence-electron chi connectivity index (χ3n) is 6.21. The number of rotatable bonds is 8. The number of ether oxygens (including phenoxy) is 3. The molecule has 0 radical (unpaired) electrons. The second-order valence-corrected chi connectivity index (χ2v) is 10.6. The van der Waals surface area contributed by atoms with Crippen molar-refractivity contribution < 1.29 is 38.8 Å². The van der Waals surface area contributed by atoms with Gasteiger partial charge in [-0.25, -0.2) is 19.4 Å². The van der Waals surface area contributed by atoms with Gasteiger partial charge >= 0.3 is 18.2 Å². The van der Waals surface area contributed by atoms with Crippen LogP contribution in [0, 0.1) is 0 Å². The minimum absolute atomic E-state index is 0.0427. The number of hydrogen-bond donors (Lipinski definition) is 4. The number of benzene rings is 1. The van der Waals surface area contributed by atoms with Crippen LogP contribution < -0.4 is 10.6 Å². The summed E-state index contributed by atoms with van der Waals surface area (Å²) in [5.74, 6) is -2.95. The molecule has 1 saturated carbocycles. The van der Waals surface area contributed by atoms with Crippen molar-refractivity contribution in [3.05, 3.63) is 57.9 Å². The molecular formula is C26H29ClN4O8S. The van der Waals surface area contributed by atoms with E-state index in [9.17, 15) is 24.6 Å². The Labute approximate surface area is 239 Å². The van der Waals surface area contributed by atoms with Crippen LogP contribution in [0.5, 0.6) is 11.6 Å². The number of esters is 1. The zero-order valence-electron chi connectivity index (χ0n) is 21.5. The predicted molar refractivity (Wildman–Crippen MR) is 145 cm³/mol. The van der Waals surface area contributed by atoms with E-state index in [0.29, 0.717) is 5.02 Å². The van der Waals surface area contributed by atoms with Gasteiger partial charge in [0.15, 0.2) is 5.69 Å². The Morgan fingerprint density at radius 3 is 2.62 bits per heavy atom. The van der Waals surface area contributed by atoms with Crippen molar-refractivity contribution in [2.75, 3.05) is 0 Å². The molecule has 3 unspecified atom stereocenters.